The Kier molecular flexibility index (Phi) is 4.29. The van der Waals surface area contributed by atoms with E-state index in [2.05, 4.69) is 28.5 Å². The summed E-state index contributed by atoms with van der Waals surface area (Å²) in [6.45, 7) is 1.06. The summed E-state index contributed by atoms with van der Waals surface area (Å²) in [5.41, 5.74) is 2.69. The summed E-state index contributed by atoms with van der Waals surface area (Å²) in [4.78, 5) is 4.45. The minimum atomic E-state index is 0.780. The third kappa shape index (κ3) is 3.90. The van der Waals surface area contributed by atoms with Gasteiger partial charge in [-0.1, -0.05) is 30.9 Å². The smallest absolute Gasteiger partial charge is 0.0629 e. The maximum absolute atomic E-state index is 4.45. The summed E-state index contributed by atoms with van der Waals surface area (Å²) in [6.07, 6.45) is 13.9. The van der Waals surface area contributed by atoms with Crippen LogP contribution in [0, 0.1) is 5.92 Å². The van der Waals surface area contributed by atoms with Crippen LogP contribution >= 0.6 is 0 Å². The monoisotopic (exact) mass is 256 g/mol. The predicted molar refractivity (Wildman–Crippen MR) is 79.8 cm³/mol. The van der Waals surface area contributed by atoms with E-state index in [1.54, 1.807) is 5.57 Å². The van der Waals surface area contributed by atoms with Gasteiger partial charge in [0.2, 0.25) is 0 Å². The van der Waals surface area contributed by atoms with Gasteiger partial charge in [0.15, 0.2) is 0 Å². The SMILES string of the molecule is C(=C(CNC1CC1)C1CCCCC1)c1ccccn1. The van der Waals surface area contributed by atoms with E-state index in [0.717, 1.165) is 24.2 Å². The van der Waals surface area contributed by atoms with E-state index in [-0.39, 0.29) is 0 Å². The van der Waals surface area contributed by atoms with Crippen LogP contribution in [0.3, 0.4) is 0 Å². The van der Waals surface area contributed by atoms with Gasteiger partial charge in [-0.2, -0.15) is 0 Å². The van der Waals surface area contributed by atoms with Crippen molar-refractivity contribution in [1.29, 1.82) is 0 Å². The molecule has 0 radical (unpaired) electrons. The van der Waals surface area contributed by atoms with Crippen LogP contribution in [0.4, 0.5) is 0 Å². The number of hydrogen-bond donors (Lipinski definition) is 1. The van der Waals surface area contributed by atoms with E-state index in [0.29, 0.717) is 0 Å². The van der Waals surface area contributed by atoms with E-state index < -0.39 is 0 Å². The lowest BCUT2D eigenvalue weighted by molar-refractivity contribution is 0.396. The second-order valence-corrected chi connectivity index (χ2v) is 5.96. The molecular formula is C17H24N2. The molecule has 2 heteroatoms. The molecule has 1 aromatic heterocycles. The van der Waals surface area contributed by atoms with E-state index in [1.807, 2.05) is 12.3 Å². The molecule has 3 rings (SSSR count). The molecule has 0 unspecified atom stereocenters. The molecule has 0 saturated heterocycles. The van der Waals surface area contributed by atoms with E-state index in [9.17, 15) is 0 Å². The summed E-state index contributed by atoms with van der Waals surface area (Å²) in [5.74, 6) is 0.780. The Morgan fingerprint density at radius 1 is 1.16 bits per heavy atom. The van der Waals surface area contributed by atoms with Crippen LogP contribution in [0.25, 0.3) is 6.08 Å². The van der Waals surface area contributed by atoms with Crippen LogP contribution < -0.4 is 5.32 Å². The lowest BCUT2D eigenvalue weighted by atomic mass is 9.83. The number of hydrogen-bond acceptors (Lipinski definition) is 2. The van der Waals surface area contributed by atoms with Gasteiger partial charge in [0.25, 0.3) is 0 Å². The normalized spacial score (nSPS) is 21.6. The zero-order chi connectivity index (χ0) is 12.9. The first-order valence-corrected chi connectivity index (χ1v) is 7.77. The minimum Gasteiger partial charge on any atom is -0.310 e. The van der Waals surface area contributed by atoms with Crippen LogP contribution in [0.1, 0.15) is 50.6 Å². The fraction of sp³-hybridized carbons (Fsp3) is 0.588. The van der Waals surface area contributed by atoms with Crippen LogP contribution in [0.5, 0.6) is 0 Å². The molecule has 1 N–H and O–H groups in total. The van der Waals surface area contributed by atoms with Gasteiger partial charge in [-0.15, -0.1) is 0 Å². The average molecular weight is 256 g/mol. The van der Waals surface area contributed by atoms with Gasteiger partial charge in [-0.3, -0.25) is 4.98 Å². The van der Waals surface area contributed by atoms with Gasteiger partial charge >= 0.3 is 0 Å². The highest BCUT2D eigenvalue weighted by atomic mass is 14.9. The molecule has 0 aromatic carbocycles. The largest absolute Gasteiger partial charge is 0.310 e. The third-order valence-electron chi connectivity index (χ3n) is 4.32. The fourth-order valence-corrected chi connectivity index (χ4v) is 2.99. The summed E-state index contributed by atoms with van der Waals surface area (Å²) in [5, 5.41) is 3.68. The zero-order valence-electron chi connectivity index (χ0n) is 11.6. The number of rotatable bonds is 5. The Hall–Kier alpha value is -1.15. The van der Waals surface area contributed by atoms with Crippen LogP contribution in [-0.2, 0) is 0 Å². The summed E-state index contributed by atoms with van der Waals surface area (Å²) >= 11 is 0. The molecule has 2 fully saturated rings. The van der Waals surface area contributed by atoms with Gasteiger partial charge in [-0.25, -0.2) is 0 Å². The lowest BCUT2D eigenvalue weighted by Gasteiger charge is -2.25. The number of nitrogens with one attached hydrogen (secondary N) is 1. The minimum absolute atomic E-state index is 0.780. The molecule has 2 aliphatic carbocycles. The van der Waals surface area contributed by atoms with Crippen molar-refractivity contribution in [1.82, 2.24) is 10.3 Å². The molecule has 2 aliphatic rings. The molecule has 2 saturated carbocycles. The Morgan fingerprint density at radius 2 is 2.00 bits per heavy atom. The van der Waals surface area contributed by atoms with Gasteiger partial charge in [0, 0.05) is 18.8 Å². The predicted octanol–water partition coefficient (Wildman–Crippen LogP) is 3.80. The van der Waals surface area contributed by atoms with Gasteiger partial charge < -0.3 is 5.32 Å². The van der Waals surface area contributed by atoms with Crippen LogP contribution in [-0.4, -0.2) is 17.6 Å². The highest BCUT2D eigenvalue weighted by Crippen LogP contribution is 2.31. The van der Waals surface area contributed by atoms with E-state index in [1.165, 1.54) is 44.9 Å². The third-order valence-corrected chi connectivity index (χ3v) is 4.32. The number of nitrogens with zero attached hydrogens (tertiary/aromatic N) is 1. The quantitative estimate of drug-likeness (QED) is 0.867. The molecular weight excluding hydrogens is 232 g/mol. The maximum Gasteiger partial charge on any atom is 0.0629 e. The van der Waals surface area contributed by atoms with Crippen molar-refractivity contribution >= 4 is 6.08 Å². The summed E-state index contributed by atoms with van der Waals surface area (Å²) in [7, 11) is 0. The van der Waals surface area contributed by atoms with Gasteiger partial charge in [0.05, 0.1) is 5.69 Å². The van der Waals surface area contributed by atoms with Crippen molar-refractivity contribution in [2.75, 3.05) is 6.54 Å². The first-order chi connectivity index (χ1) is 9.42. The van der Waals surface area contributed by atoms with E-state index in [4.69, 9.17) is 0 Å². The van der Waals surface area contributed by atoms with Gasteiger partial charge in [0.1, 0.15) is 0 Å². The Labute approximate surface area is 116 Å². The lowest BCUT2D eigenvalue weighted by Crippen LogP contribution is -2.24. The first-order valence-electron chi connectivity index (χ1n) is 7.77. The van der Waals surface area contributed by atoms with Crippen molar-refractivity contribution < 1.29 is 0 Å². The molecule has 19 heavy (non-hydrogen) atoms. The second-order valence-electron chi connectivity index (χ2n) is 5.96. The van der Waals surface area contributed by atoms with Crippen molar-refractivity contribution in [2.45, 2.75) is 51.0 Å². The van der Waals surface area contributed by atoms with Gasteiger partial charge in [-0.05, 0) is 49.8 Å². The molecule has 2 nitrogen and oxygen atoms in total. The average Bonchev–Trinajstić information content (AvgIpc) is 3.30. The molecule has 0 bridgehead atoms. The number of aromatic nitrogens is 1. The van der Waals surface area contributed by atoms with Crippen LogP contribution in [0.2, 0.25) is 0 Å². The molecule has 0 aliphatic heterocycles. The van der Waals surface area contributed by atoms with Crippen LogP contribution in [0.15, 0.2) is 30.0 Å². The zero-order valence-corrected chi connectivity index (χ0v) is 11.6. The molecule has 1 heterocycles. The summed E-state index contributed by atoms with van der Waals surface area (Å²) in [6, 6.07) is 6.96. The van der Waals surface area contributed by atoms with E-state index >= 15 is 0 Å². The second kappa shape index (κ2) is 6.33. The molecule has 102 valence electrons. The Bertz CT molecular complexity index is 414. The number of pyridine rings is 1. The van der Waals surface area contributed by atoms with Crippen molar-refractivity contribution in [3.05, 3.63) is 35.7 Å². The molecule has 1 aromatic rings. The van der Waals surface area contributed by atoms with Crippen molar-refractivity contribution in [3.8, 4) is 0 Å². The van der Waals surface area contributed by atoms with Crippen molar-refractivity contribution in [3.63, 3.8) is 0 Å². The summed E-state index contributed by atoms with van der Waals surface area (Å²) < 4.78 is 0. The highest BCUT2D eigenvalue weighted by Gasteiger charge is 2.23. The maximum atomic E-state index is 4.45. The van der Waals surface area contributed by atoms with Crippen molar-refractivity contribution in [2.24, 2.45) is 5.92 Å². The highest BCUT2D eigenvalue weighted by molar-refractivity contribution is 5.50. The fourth-order valence-electron chi connectivity index (χ4n) is 2.99. The molecule has 0 amide bonds. The standard InChI is InChI=1S/C17H24N2/c1-2-6-14(7-3-1)15(13-19-16-9-10-16)12-17-8-4-5-11-18-17/h4-5,8,11-12,14,16,19H,1-3,6-7,9-10,13H2. The molecule has 0 atom stereocenters. The Balaban J connectivity index is 1.71. The Morgan fingerprint density at radius 3 is 2.68 bits per heavy atom. The first kappa shape index (κ1) is 12.9. The molecule has 0 spiro atoms. The topological polar surface area (TPSA) is 24.9 Å².